The standard InChI is InChI=1S/C22H31N5/c1-14-8-19(9-15(2)24-14)10-18-6-5-7-27(13-18)16(3)20-11-21-22(23-12-20)26-17(4)25-21/h8-9,11-12,16,18,21-22H,5-7,10,13H2,1-4H3,(H,25,26)/t16?,18-,21?,22?/m1/s1. The van der Waals surface area contributed by atoms with Crippen LogP contribution in [0.4, 0.5) is 0 Å². The predicted octanol–water partition coefficient (Wildman–Crippen LogP) is 3.07. The van der Waals surface area contributed by atoms with E-state index in [1.54, 1.807) is 0 Å². The van der Waals surface area contributed by atoms with Gasteiger partial charge in [0.15, 0.2) is 6.17 Å². The van der Waals surface area contributed by atoms with Gasteiger partial charge < -0.3 is 5.32 Å². The molecule has 27 heavy (non-hydrogen) atoms. The van der Waals surface area contributed by atoms with Gasteiger partial charge in [0.25, 0.3) is 0 Å². The maximum atomic E-state index is 4.67. The zero-order chi connectivity index (χ0) is 19.0. The van der Waals surface area contributed by atoms with Crippen LogP contribution in [0.2, 0.25) is 0 Å². The van der Waals surface area contributed by atoms with E-state index in [2.05, 4.69) is 70.4 Å². The number of rotatable bonds is 4. The van der Waals surface area contributed by atoms with Crippen LogP contribution < -0.4 is 5.32 Å². The number of nitrogens with zero attached hydrogens (tertiary/aromatic N) is 4. The average Bonchev–Trinajstić information content (AvgIpc) is 2.99. The van der Waals surface area contributed by atoms with Gasteiger partial charge in [0, 0.05) is 30.2 Å². The highest BCUT2D eigenvalue weighted by atomic mass is 15.2. The second-order valence-electron chi connectivity index (χ2n) is 8.38. The summed E-state index contributed by atoms with van der Waals surface area (Å²) in [5.41, 5.74) is 5.02. The molecule has 4 heterocycles. The summed E-state index contributed by atoms with van der Waals surface area (Å²) in [4.78, 5) is 16.4. The first-order valence-corrected chi connectivity index (χ1v) is 10.2. The van der Waals surface area contributed by atoms with Crippen molar-refractivity contribution < 1.29 is 0 Å². The minimum absolute atomic E-state index is 0.0354. The molecule has 0 radical (unpaired) electrons. The normalized spacial score (nSPS) is 29.0. The Hall–Kier alpha value is -2.01. The predicted molar refractivity (Wildman–Crippen MR) is 112 cm³/mol. The fourth-order valence-corrected chi connectivity index (χ4v) is 4.74. The van der Waals surface area contributed by atoms with Crippen molar-refractivity contribution in [2.75, 3.05) is 13.1 Å². The summed E-state index contributed by atoms with van der Waals surface area (Å²) in [6, 6.07) is 5.14. The van der Waals surface area contributed by atoms with Crippen molar-refractivity contribution in [3.8, 4) is 0 Å². The summed E-state index contributed by atoms with van der Waals surface area (Å²) in [5, 5.41) is 3.43. The number of amidine groups is 1. The molecule has 0 aromatic carbocycles. The number of hydrogen-bond acceptors (Lipinski definition) is 5. The molecule has 0 bridgehead atoms. The Balaban J connectivity index is 1.41. The Kier molecular flexibility index (Phi) is 5.13. The van der Waals surface area contributed by atoms with Gasteiger partial charge in [-0.1, -0.05) is 6.08 Å². The van der Waals surface area contributed by atoms with Gasteiger partial charge in [-0.25, -0.2) is 4.99 Å². The summed E-state index contributed by atoms with van der Waals surface area (Å²) >= 11 is 0. The quantitative estimate of drug-likeness (QED) is 0.892. The highest BCUT2D eigenvalue weighted by molar-refractivity contribution is 5.86. The molecule has 1 fully saturated rings. The SMILES string of the molecule is CC1=NC2N=CC(C(C)N3CCC[C@H](Cc4cc(C)nc(C)c4)C3)=CC2N1. The molecule has 1 N–H and O–H groups in total. The fourth-order valence-electron chi connectivity index (χ4n) is 4.74. The number of nitrogens with one attached hydrogen (secondary N) is 1. The van der Waals surface area contributed by atoms with Gasteiger partial charge in [-0.3, -0.25) is 14.9 Å². The van der Waals surface area contributed by atoms with Crippen LogP contribution >= 0.6 is 0 Å². The van der Waals surface area contributed by atoms with Gasteiger partial charge in [0.05, 0.1) is 11.9 Å². The number of piperidine rings is 1. The molecule has 0 spiro atoms. The van der Waals surface area contributed by atoms with E-state index >= 15 is 0 Å². The molecule has 1 aromatic heterocycles. The highest BCUT2D eigenvalue weighted by Crippen LogP contribution is 2.26. The van der Waals surface area contributed by atoms with Gasteiger partial charge in [-0.15, -0.1) is 0 Å². The van der Waals surface area contributed by atoms with Crippen molar-refractivity contribution >= 4 is 12.1 Å². The van der Waals surface area contributed by atoms with Crippen molar-refractivity contribution in [1.29, 1.82) is 0 Å². The molecule has 5 nitrogen and oxygen atoms in total. The number of likely N-dealkylation sites (tertiary alicyclic amines) is 1. The first kappa shape index (κ1) is 18.4. The van der Waals surface area contributed by atoms with Gasteiger partial charge >= 0.3 is 0 Å². The molecule has 1 aromatic rings. The Morgan fingerprint density at radius 1 is 1.22 bits per heavy atom. The smallest absolute Gasteiger partial charge is 0.165 e. The van der Waals surface area contributed by atoms with Crippen LogP contribution in [0.1, 0.15) is 43.6 Å². The number of aryl methyl sites for hydroxylation is 2. The van der Waals surface area contributed by atoms with Crippen LogP contribution in [-0.2, 0) is 6.42 Å². The van der Waals surface area contributed by atoms with E-state index in [1.807, 2.05) is 6.92 Å². The monoisotopic (exact) mass is 365 g/mol. The van der Waals surface area contributed by atoms with Crippen LogP contribution in [0.5, 0.6) is 0 Å². The minimum Gasteiger partial charge on any atom is -0.364 e. The fraction of sp³-hybridized carbons (Fsp3) is 0.591. The van der Waals surface area contributed by atoms with Gasteiger partial charge in [0.2, 0.25) is 0 Å². The van der Waals surface area contributed by atoms with Crippen molar-refractivity contribution in [2.45, 2.75) is 65.2 Å². The molecule has 4 atom stereocenters. The van der Waals surface area contributed by atoms with Crippen LogP contribution in [0.15, 0.2) is 33.8 Å². The lowest BCUT2D eigenvalue weighted by Gasteiger charge is -2.38. The summed E-state index contributed by atoms with van der Waals surface area (Å²) in [7, 11) is 0. The lowest BCUT2D eigenvalue weighted by atomic mass is 9.89. The Morgan fingerprint density at radius 3 is 2.78 bits per heavy atom. The maximum Gasteiger partial charge on any atom is 0.165 e. The number of dihydropyridines is 1. The third-order valence-corrected chi connectivity index (χ3v) is 6.02. The molecule has 0 amide bonds. The van der Waals surface area contributed by atoms with Crippen LogP contribution in [0.25, 0.3) is 0 Å². The lowest BCUT2D eigenvalue weighted by molar-refractivity contribution is 0.149. The highest BCUT2D eigenvalue weighted by Gasteiger charge is 2.31. The second kappa shape index (κ2) is 7.55. The minimum atomic E-state index is 0.0354. The first-order chi connectivity index (χ1) is 13.0. The molecule has 0 saturated carbocycles. The van der Waals surface area contributed by atoms with Crippen LogP contribution in [-0.4, -0.2) is 53.3 Å². The molecule has 5 heteroatoms. The Bertz CT molecular complexity index is 774. The third kappa shape index (κ3) is 4.13. The lowest BCUT2D eigenvalue weighted by Crippen LogP contribution is -2.44. The number of aromatic nitrogens is 1. The molecule has 3 aliphatic rings. The molecule has 4 rings (SSSR count). The molecule has 1 saturated heterocycles. The van der Waals surface area contributed by atoms with Crippen molar-refractivity contribution in [2.24, 2.45) is 15.9 Å². The molecular weight excluding hydrogens is 334 g/mol. The second-order valence-corrected chi connectivity index (χ2v) is 8.38. The zero-order valence-electron chi connectivity index (χ0n) is 16.9. The topological polar surface area (TPSA) is 52.9 Å². The number of hydrogen-bond donors (Lipinski definition) is 1. The molecule has 144 valence electrons. The summed E-state index contributed by atoms with van der Waals surface area (Å²) in [6.45, 7) is 10.9. The van der Waals surface area contributed by atoms with Crippen LogP contribution in [0.3, 0.4) is 0 Å². The van der Waals surface area contributed by atoms with Crippen molar-refractivity contribution in [3.63, 3.8) is 0 Å². The zero-order valence-corrected chi connectivity index (χ0v) is 16.9. The Morgan fingerprint density at radius 2 is 2.00 bits per heavy atom. The Labute approximate surface area is 162 Å². The van der Waals surface area contributed by atoms with E-state index in [9.17, 15) is 0 Å². The number of aliphatic imine (C=N–C) groups is 2. The van der Waals surface area contributed by atoms with E-state index in [4.69, 9.17) is 0 Å². The van der Waals surface area contributed by atoms with E-state index in [0.29, 0.717) is 12.0 Å². The summed E-state index contributed by atoms with van der Waals surface area (Å²) in [6.07, 6.45) is 8.16. The van der Waals surface area contributed by atoms with Gasteiger partial charge in [0.1, 0.15) is 0 Å². The van der Waals surface area contributed by atoms with Crippen LogP contribution in [0, 0.1) is 19.8 Å². The number of pyridine rings is 1. The third-order valence-electron chi connectivity index (χ3n) is 6.02. The van der Waals surface area contributed by atoms with Crippen molar-refractivity contribution in [1.82, 2.24) is 15.2 Å². The molecular formula is C22H31N5. The van der Waals surface area contributed by atoms with E-state index in [-0.39, 0.29) is 12.2 Å². The van der Waals surface area contributed by atoms with E-state index < -0.39 is 0 Å². The van der Waals surface area contributed by atoms with E-state index in [1.165, 1.54) is 30.5 Å². The first-order valence-electron chi connectivity index (χ1n) is 10.2. The van der Waals surface area contributed by atoms with Crippen molar-refractivity contribution in [3.05, 3.63) is 40.7 Å². The van der Waals surface area contributed by atoms with E-state index in [0.717, 1.165) is 30.2 Å². The number of fused-ring (bicyclic) bond motifs is 1. The average molecular weight is 366 g/mol. The summed E-state index contributed by atoms with van der Waals surface area (Å²) in [5.74, 6) is 1.71. The molecule has 0 aliphatic carbocycles. The maximum absolute atomic E-state index is 4.67. The van der Waals surface area contributed by atoms with Gasteiger partial charge in [-0.05, 0) is 82.7 Å². The summed E-state index contributed by atoms with van der Waals surface area (Å²) < 4.78 is 0. The van der Waals surface area contributed by atoms with Gasteiger partial charge in [-0.2, -0.15) is 0 Å². The molecule has 3 unspecified atom stereocenters. The molecule has 3 aliphatic heterocycles. The largest absolute Gasteiger partial charge is 0.364 e.